The molecular weight excluding hydrogens is 286 g/mol. The van der Waals surface area contributed by atoms with E-state index in [-0.39, 0.29) is 5.91 Å². The van der Waals surface area contributed by atoms with Crippen LogP contribution in [0.2, 0.25) is 5.02 Å². The van der Waals surface area contributed by atoms with Gasteiger partial charge in [0.25, 0.3) is 0 Å². The first-order valence-corrected chi connectivity index (χ1v) is 7.22. The predicted octanol–water partition coefficient (Wildman–Crippen LogP) is 3.39. The summed E-state index contributed by atoms with van der Waals surface area (Å²) in [5, 5.41) is 3.51. The summed E-state index contributed by atoms with van der Waals surface area (Å²) < 4.78 is 5.50. The average Bonchev–Trinajstić information content (AvgIpc) is 2.48. The summed E-state index contributed by atoms with van der Waals surface area (Å²) in [6, 6.07) is 15.1. The summed E-state index contributed by atoms with van der Waals surface area (Å²) in [5.74, 6) is 0.741. The van der Waals surface area contributed by atoms with Crippen LogP contribution in [0.4, 0.5) is 0 Å². The molecule has 0 aromatic heterocycles. The maximum absolute atomic E-state index is 11.8. The highest BCUT2D eigenvalue weighted by molar-refractivity contribution is 6.30. The Morgan fingerprint density at radius 3 is 2.43 bits per heavy atom. The minimum absolute atomic E-state index is 0.00133. The smallest absolute Gasteiger partial charge is 0.224 e. The van der Waals surface area contributed by atoms with Crippen molar-refractivity contribution < 1.29 is 9.53 Å². The van der Waals surface area contributed by atoms with Crippen molar-refractivity contribution in [1.82, 2.24) is 5.32 Å². The third-order valence-corrected chi connectivity index (χ3v) is 3.24. The van der Waals surface area contributed by atoms with E-state index < -0.39 is 0 Å². The van der Waals surface area contributed by atoms with Gasteiger partial charge in [-0.15, -0.1) is 0 Å². The van der Waals surface area contributed by atoms with Crippen LogP contribution in [-0.4, -0.2) is 19.1 Å². The van der Waals surface area contributed by atoms with Crippen molar-refractivity contribution in [2.75, 3.05) is 13.2 Å². The summed E-state index contributed by atoms with van der Waals surface area (Å²) in [7, 11) is 0. The zero-order chi connectivity index (χ0) is 15.1. The van der Waals surface area contributed by atoms with E-state index in [0.29, 0.717) is 24.6 Å². The summed E-state index contributed by atoms with van der Waals surface area (Å²) in [5.41, 5.74) is 2.20. The Hall–Kier alpha value is -2.00. The molecule has 110 valence electrons. The van der Waals surface area contributed by atoms with Gasteiger partial charge in [-0.05, 0) is 36.8 Å². The molecule has 4 heteroatoms. The lowest BCUT2D eigenvalue weighted by Crippen LogP contribution is -2.29. The van der Waals surface area contributed by atoms with Gasteiger partial charge in [0.2, 0.25) is 5.91 Å². The van der Waals surface area contributed by atoms with Gasteiger partial charge in [-0.25, -0.2) is 0 Å². The predicted molar refractivity (Wildman–Crippen MR) is 84.8 cm³/mol. The maximum atomic E-state index is 11.8. The SMILES string of the molecule is Cc1ccc(CC(=O)NCCOc2ccc(Cl)cc2)cc1. The molecule has 0 atom stereocenters. The molecule has 0 aliphatic carbocycles. The molecule has 0 saturated heterocycles. The minimum Gasteiger partial charge on any atom is -0.492 e. The standard InChI is InChI=1S/C17H18ClNO2/c1-13-2-4-14(5-3-13)12-17(20)19-10-11-21-16-8-6-15(18)7-9-16/h2-9H,10-12H2,1H3,(H,19,20). The van der Waals surface area contributed by atoms with E-state index in [1.54, 1.807) is 24.3 Å². The fourth-order valence-electron chi connectivity index (χ4n) is 1.84. The molecule has 21 heavy (non-hydrogen) atoms. The molecule has 3 nitrogen and oxygen atoms in total. The molecule has 0 aliphatic rings. The van der Waals surface area contributed by atoms with Crippen molar-refractivity contribution in [1.29, 1.82) is 0 Å². The molecule has 1 amide bonds. The van der Waals surface area contributed by atoms with Crippen LogP contribution in [0.25, 0.3) is 0 Å². The number of hydrogen-bond acceptors (Lipinski definition) is 2. The molecule has 0 fully saturated rings. The van der Waals surface area contributed by atoms with Crippen LogP contribution in [0.15, 0.2) is 48.5 Å². The molecule has 2 aromatic rings. The number of carbonyl (C=O) groups excluding carboxylic acids is 1. The quantitative estimate of drug-likeness (QED) is 0.831. The Bertz CT molecular complexity index is 579. The Labute approximate surface area is 129 Å². The zero-order valence-corrected chi connectivity index (χ0v) is 12.7. The van der Waals surface area contributed by atoms with Crippen molar-refractivity contribution >= 4 is 17.5 Å². The normalized spacial score (nSPS) is 10.2. The van der Waals surface area contributed by atoms with Gasteiger partial charge in [0, 0.05) is 5.02 Å². The number of benzene rings is 2. The molecule has 0 bridgehead atoms. The molecule has 2 aromatic carbocycles. The Morgan fingerprint density at radius 1 is 1.10 bits per heavy atom. The minimum atomic E-state index is -0.00133. The van der Waals surface area contributed by atoms with E-state index in [1.807, 2.05) is 31.2 Å². The van der Waals surface area contributed by atoms with Crippen molar-refractivity contribution in [2.45, 2.75) is 13.3 Å². The largest absolute Gasteiger partial charge is 0.492 e. The van der Waals surface area contributed by atoms with E-state index in [1.165, 1.54) is 5.56 Å². The van der Waals surface area contributed by atoms with Crippen molar-refractivity contribution in [3.8, 4) is 5.75 Å². The lowest BCUT2D eigenvalue weighted by atomic mass is 10.1. The molecular formula is C17H18ClNO2. The molecule has 0 spiro atoms. The summed E-state index contributed by atoms with van der Waals surface area (Å²) in [4.78, 5) is 11.8. The number of halogens is 1. The number of rotatable bonds is 6. The second-order valence-electron chi connectivity index (χ2n) is 4.81. The number of aryl methyl sites for hydroxylation is 1. The second-order valence-corrected chi connectivity index (χ2v) is 5.25. The third kappa shape index (κ3) is 5.48. The maximum Gasteiger partial charge on any atom is 0.224 e. The van der Waals surface area contributed by atoms with Gasteiger partial charge >= 0.3 is 0 Å². The second kappa shape index (κ2) is 7.70. The van der Waals surface area contributed by atoms with Crippen LogP contribution in [-0.2, 0) is 11.2 Å². The van der Waals surface area contributed by atoms with Crippen molar-refractivity contribution in [2.24, 2.45) is 0 Å². The number of ether oxygens (including phenoxy) is 1. The van der Waals surface area contributed by atoms with Gasteiger partial charge in [-0.1, -0.05) is 41.4 Å². The van der Waals surface area contributed by atoms with E-state index in [4.69, 9.17) is 16.3 Å². The van der Waals surface area contributed by atoms with Crippen molar-refractivity contribution in [3.63, 3.8) is 0 Å². The van der Waals surface area contributed by atoms with Gasteiger partial charge < -0.3 is 10.1 Å². The zero-order valence-electron chi connectivity index (χ0n) is 11.9. The van der Waals surface area contributed by atoms with Crippen LogP contribution in [0, 0.1) is 6.92 Å². The lowest BCUT2D eigenvalue weighted by molar-refractivity contribution is -0.120. The fourth-order valence-corrected chi connectivity index (χ4v) is 1.97. The molecule has 0 unspecified atom stereocenters. The van der Waals surface area contributed by atoms with Gasteiger partial charge in [-0.3, -0.25) is 4.79 Å². The Balaban J connectivity index is 1.67. The van der Waals surface area contributed by atoms with Crippen molar-refractivity contribution in [3.05, 3.63) is 64.7 Å². The van der Waals surface area contributed by atoms with E-state index in [9.17, 15) is 4.79 Å². The van der Waals surface area contributed by atoms with Gasteiger partial charge in [0.05, 0.1) is 13.0 Å². The Morgan fingerprint density at radius 2 is 1.76 bits per heavy atom. The highest BCUT2D eigenvalue weighted by atomic mass is 35.5. The van der Waals surface area contributed by atoms with E-state index in [2.05, 4.69) is 5.32 Å². The van der Waals surface area contributed by atoms with Crippen LogP contribution in [0.3, 0.4) is 0 Å². The van der Waals surface area contributed by atoms with Crippen LogP contribution in [0.5, 0.6) is 5.75 Å². The first kappa shape index (κ1) is 15.4. The lowest BCUT2D eigenvalue weighted by Gasteiger charge is -2.08. The van der Waals surface area contributed by atoms with Gasteiger partial charge in [0.15, 0.2) is 0 Å². The summed E-state index contributed by atoms with van der Waals surface area (Å²) in [6.45, 7) is 2.94. The topological polar surface area (TPSA) is 38.3 Å². The number of amides is 1. The monoisotopic (exact) mass is 303 g/mol. The third-order valence-electron chi connectivity index (χ3n) is 2.99. The highest BCUT2D eigenvalue weighted by Crippen LogP contribution is 2.15. The van der Waals surface area contributed by atoms with E-state index in [0.717, 1.165) is 11.3 Å². The van der Waals surface area contributed by atoms with Gasteiger partial charge in [0.1, 0.15) is 12.4 Å². The van der Waals surface area contributed by atoms with Crippen LogP contribution < -0.4 is 10.1 Å². The highest BCUT2D eigenvalue weighted by Gasteiger charge is 2.02. The molecule has 0 saturated carbocycles. The molecule has 1 N–H and O–H groups in total. The summed E-state index contributed by atoms with van der Waals surface area (Å²) in [6.07, 6.45) is 0.390. The Kier molecular flexibility index (Phi) is 5.64. The number of carbonyl (C=O) groups is 1. The molecule has 0 aliphatic heterocycles. The van der Waals surface area contributed by atoms with Crippen LogP contribution in [0.1, 0.15) is 11.1 Å². The first-order valence-electron chi connectivity index (χ1n) is 6.84. The number of hydrogen-bond donors (Lipinski definition) is 1. The molecule has 0 heterocycles. The number of nitrogens with one attached hydrogen (secondary N) is 1. The van der Waals surface area contributed by atoms with E-state index >= 15 is 0 Å². The first-order chi connectivity index (χ1) is 10.1. The molecule has 2 rings (SSSR count). The fraction of sp³-hybridized carbons (Fsp3) is 0.235. The average molecular weight is 304 g/mol. The molecule has 0 radical (unpaired) electrons. The van der Waals surface area contributed by atoms with Crippen LogP contribution >= 0.6 is 11.6 Å². The van der Waals surface area contributed by atoms with Gasteiger partial charge in [-0.2, -0.15) is 0 Å². The summed E-state index contributed by atoms with van der Waals surface area (Å²) >= 11 is 5.79.